The zero-order valence-corrected chi connectivity index (χ0v) is 14.1. The molecule has 0 saturated carbocycles. The highest BCUT2D eigenvalue weighted by Crippen LogP contribution is 2.27. The molecule has 1 aromatic heterocycles. The van der Waals surface area contributed by atoms with Gasteiger partial charge in [-0.25, -0.2) is 0 Å². The monoisotopic (exact) mass is 323 g/mol. The highest BCUT2D eigenvalue weighted by atomic mass is 16.4. The normalized spacial score (nSPS) is 13.7. The van der Waals surface area contributed by atoms with Crippen LogP contribution in [0, 0.1) is 13.8 Å². The molecule has 4 heteroatoms. The zero-order valence-electron chi connectivity index (χ0n) is 14.1. The second-order valence-corrected chi connectivity index (χ2v) is 6.42. The second kappa shape index (κ2) is 6.13. The Balaban J connectivity index is 1.75. The summed E-state index contributed by atoms with van der Waals surface area (Å²) in [6.07, 6.45) is 0. The molecular weight excluding hydrogens is 302 g/mol. The number of hydrogen-bond donors (Lipinski definition) is 2. The molecule has 3 rings (SSSR count). The molecule has 1 amide bonds. The maximum atomic E-state index is 12.4. The fraction of sp³-hybridized carbons (Fsp3) is 0.250. The molecule has 0 spiro atoms. The SMILES string of the molecule is Cc1ccc(C(=O)NCC(C)(O)c2cc3ccccc3o2)c(C)c1. The van der Waals surface area contributed by atoms with Gasteiger partial charge in [-0.1, -0.05) is 35.9 Å². The number of rotatable bonds is 4. The molecule has 0 aliphatic heterocycles. The average molecular weight is 323 g/mol. The van der Waals surface area contributed by atoms with E-state index in [-0.39, 0.29) is 12.5 Å². The van der Waals surface area contributed by atoms with E-state index in [0.717, 1.165) is 16.5 Å². The van der Waals surface area contributed by atoms with E-state index in [1.807, 2.05) is 50.2 Å². The van der Waals surface area contributed by atoms with E-state index in [1.54, 1.807) is 19.1 Å². The summed E-state index contributed by atoms with van der Waals surface area (Å²) in [5, 5.41) is 14.4. The van der Waals surface area contributed by atoms with Crippen LogP contribution in [-0.4, -0.2) is 17.6 Å². The molecule has 1 heterocycles. The van der Waals surface area contributed by atoms with E-state index in [2.05, 4.69) is 5.32 Å². The van der Waals surface area contributed by atoms with Crippen molar-refractivity contribution in [1.82, 2.24) is 5.32 Å². The minimum atomic E-state index is -1.28. The summed E-state index contributed by atoms with van der Waals surface area (Å²) in [5.41, 5.74) is 2.07. The number of amides is 1. The predicted molar refractivity (Wildman–Crippen MR) is 94.0 cm³/mol. The van der Waals surface area contributed by atoms with Crippen LogP contribution in [0.25, 0.3) is 11.0 Å². The Hall–Kier alpha value is -2.59. The van der Waals surface area contributed by atoms with Crippen molar-refractivity contribution < 1.29 is 14.3 Å². The molecular formula is C20H21NO3. The first-order valence-electron chi connectivity index (χ1n) is 7.94. The lowest BCUT2D eigenvalue weighted by molar-refractivity contribution is 0.0344. The minimum absolute atomic E-state index is 0.0684. The first kappa shape index (κ1) is 16.3. The molecule has 1 atom stereocenters. The molecule has 2 N–H and O–H groups in total. The van der Waals surface area contributed by atoms with Gasteiger partial charge in [0.2, 0.25) is 0 Å². The van der Waals surface area contributed by atoms with Crippen molar-refractivity contribution in [3.05, 3.63) is 71.0 Å². The fourth-order valence-electron chi connectivity index (χ4n) is 2.75. The third-order valence-corrected chi connectivity index (χ3v) is 4.18. The Morgan fingerprint density at radius 2 is 1.92 bits per heavy atom. The summed E-state index contributed by atoms with van der Waals surface area (Å²) in [4.78, 5) is 12.4. The molecule has 0 radical (unpaired) electrons. The van der Waals surface area contributed by atoms with Crippen LogP contribution < -0.4 is 5.32 Å². The number of fused-ring (bicyclic) bond motifs is 1. The van der Waals surface area contributed by atoms with Crippen molar-refractivity contribution in [3.63, 3.8) is 0 Å². The highest BCUT2D eigenvalue weighted by molar-refractivity contribution is 5.95. The lowest BCUT2D eigenvalue weighted by Crippen LogP contribution is -2.38. The molecule has 0 fully saturated rings. The summed E-state index contributed by atoms with van der Waals surface area (Å²) in [6, 6.07) is 15.0. The molecule has 0 aliphatic carbocycles. The van der Waals surface area contributed by atoms with Crippen LogP contribution >= 0.6 is 0 Å². The van der Waals surface area contributed by atoms with E-state index < -0.39 is 5.60 Å². The summed E-state index contributed by atoms with van der Waals surface area (Å²) in [7, 11) is 0. The number of benzene rings is 2. The number of carbonyl (C=O) groups excluding carboxylic acids is 1. The van der Waals surface area contributed by atoms with Crippen molar-refractivity contribution in [2.24, 2.45) is 0 Å². The molecule has 124 valence electrons. The van der Waals surface area contributed by atoms with E-state index >= 15 is 0 Å². The van der Waals surface area contributed by atoms with Crippen LogP contribution in [0.2, 0.25) is 0 Å². The average Bonchev–Trinajstić information content (AvgIpc) is 2.98. The first-order chi connectivity index (χ1) is 11.4. The molecule has 2 aromatic carbocycles. The maximum Gasteiger partial charge on any atom is 0.251 e. The van der Waals surface area contributed by atoms with Gasteiger partial charge in [0.15, 0.2) is 0 Å². The lowest BCUT2D eigenvalue weighted by atomic mass is 10.0. The van der Waals surface area contributed by atoms with Gasteiger partial charge in [0.05, 0.1) is 6.54 Å². The van der Waals surface area contributed by atoms with Gasteiger partial charge in [-0.15, -0.1) is 0 Å². The van der Waals surface area contributed by atoms with E-state index in [1.165, 1.54) is 0 Å². The van der Waals surface area contributed by atoms with Crippen molar-refractivity contribution in [1.29, 1.82) is 0 Å². The number of aliphatic hydroxyl groups is 1. The van der Waals surface area contributed by atoms with Crippen LogP contribution in [-0.2, 0) is 5.60 Å². The molecule has 24 heavy (non-hydrogen) atoms. The third kappa shape index (κ3) is 3.19. The van der Waals surface area contributed by atoms with Gasteiger partial charge >= 0.3 is 0 Å². The van der Waals surface area contributed by atoms with Gasteiger partial charge < -0.3 is 14.8 Å². The third-order valence-electron chi connectivity index (χ3n) is 4.18. The van der Waals surface area contributed by atoms with Crippen LogP contribution in [0.3, 0.4) is 0 Å². The largest absolute Gasteiger partial charge is 0.458 e. The van der Waals surface area contributed by atoms with E-state index in [4.69, 9.17) is 4.42 Å². The number of furan rings is 1. The Bertz CT molecular complexity index is 860. The maximum absolute atomic E-state index is 12.4. The summed E-state index contributed by atoms with van der Waals surface area (Å²) in [6.45, 7) is 5.59. The van der Waals surface area contributed by atoms with Crippen molar-refractivity contribution in [2.75, 3.05) is 6.54 Å². The highest BCUT2D eigenvalue weighted by Gasteiger charge is 2.28. The summed E-state index contributed by atoms with van der Waals surface area (Å²) >= 11 is 0. The molecule has 3 aromatic rings. The fourth-order valence-corrected chi connectivity index (χ4v) is 2.75. The molecule has 1 unspecified atom stereocenters. The number of nitrogens with one attached hydrogen (secondary N) is 1. The van der Waals surface area contributed by atoms with E-state index in [9.17, 15) is 9.90 Å². The van der Waals surface area contributed by atoms with Crippen molar-refractivity contribution in [2.45, 2.75) is 26.4 Å². The molecule has 0 saturated heterocycles. The first-order valence-corrected chi connectivity index (χ1v) is 7.94. The van der Waals surface area contributed by atoms with Gasteiger partial charge in [0.25, 0.3) is 5.91 Å². The van der Waals surface area contributed by atoms with Crippen LogP contribution in [0.4, 0.5) is 0 Å². The number of para-hydroxylation sites is 1. The number of aryl methyl sites for hydroxylation is 2. The Labute approximate surface area is 141 Å². The summed E-state index contributed by atoms with van der Waals surface area (Å²) < 4.78 is 5.71. The standard InChI is InChI=1S/C20H21NO3/c1-13-8-9-16(14(2)10-13)19(22)21-12-20(3,23)18-11-15-6-4-5-7-17(15)24-18/h4-11,23H,12H2,1-3H3,(H,21,22). The van der Waals surface area contributed by atoms with Crippen LogP contribution in [0.1, 0.15) is 34.2 Å². The second-order valence-electron chi connectivity index (χ2n) is 6.42. The smallest absolute Gasteiger partial charge is 0.251 e. The topological polar surface area (TPSA) is 62.5 Å². The lowest BCUT2D eigenvalue weighted by Gasteiger charge is -2.21. The van der Waals surface area contributed by atoms with Crippen LogP contribution in [0.15, 0.2) is 52.9 Å². The summed E-state index contributed by atoms with van der Waals surface area (Å²) in [5.74, 6) is 0.230. The number of carbonyl (C=O) groups is 1. The predicted octanol–water partition coefficient (Wildman–Crippen LogP) is 3.69. The molecule has 4 nitrogen and oxygen atoms in total. The van der Waals surface area contributed by atoms with Crippen LogP contribution in [0.5, 0.6) is 0 Å². The number of hydrogen-bond acceptors (Lipinski definition) is 3. The van der Waals surface area contributed by atoms with Gasteiger partial charge in [-0.05, 0) is 44.5 Å². The zero-order chi connectivity index (χ0) is 17.3. The van der Waals surface area contributed by atoms with Gasteiger partial charge in [-0.2, -0.15) is 0 Å². The van der Waals surface area contributed by atoms with Gasteiger partial charge in [0, 0.05) is 10.9 Å². The Kier molecular flexibility index (Phi) is 4.16. The Morgan fingerprint density at radius 3 is 2.62 bits per heavy atom. The van der Waals surface area contributed by atoms with Crippen molar-refractivity contribution in [3.8, 4) is 0 Å². The van der Waals surface area contributed by atoms with E-state index in [0.29, 0.717) is 16.9 Å². The Morgan fingerprint density at radius 1 is 1.17 bits per heavy atom. The molecule has 0 bridgehead atoms. The quantitative estimate of drug-likeness (QED) is 0.770. The van der Waals surface area contributed by atoms with Crippen molar-refractivity contribution >= 4 is 16.9 Å². The minimum Gasteiger partial charge on any atom is -0.458 e. The van der Waals surface area contributed by atoms with Gasteiger partial charge in [-0.3, -0.25) is 4.79 Å². The van der Waals surface area contributed by atoms with Gasteiger partial charge in [0.1, 0.15) is 16.9 Å². The molecule has 0 aliphatic rings.